The summed E-state index contributed by atoms with van der Waals surface area (Å²) in [5.74, 6) is -0.799. The highest BCUT2D eigenvalue weighted by atomic mass is 16.6. The van der Waals surface area contributed by atoms with E-state index in [-0.39, 0.29) is 12.4 Å². The van der Waals surface area contributed by atoms with Gasteiger partial charge in [0, 0.05) is 5.56 Å². The number of benzene rings is 1. The summed E-state index contributed by atoms with van der Waals surface area (Å²) in [6.07, 6.45) is 2.62. The van der Waals surface area contributed by atoms with Crippen LogP contribution in [0.25, 0.3) is 5.76 Å². The van der Waals surface area contributed by atoms with E-state index in [1.54, 1.807) is 24.3 Å². The normalized spacial score (nSPS) is 15.3. The lowest BCUT2D eigenvalue weighted by atomic mass is 10.1. The van der Waals surface area contributed by atoms with Crippen molar-refractivity contribution < 1.29 is 19.1 Å². The summed E-state index contributed by atoms with van der Waals surface area (Å²) < 4.78 is 9.76. The Bertz CT molecular complexity index is 514. The lowest BCUT2D eigenvalue weighted by Gasteiger charge is -1.99. The van der Waals surface area contributed by atoms with Crippen LogP contribution >= 0.6 is 0 Å². The van der Waals surface area contributed by atoms with Gasteiger partial charge < -0.3 is 9.47 Å². The van der Waals surface area contributed by atoms with Crippen molar-refractivity contribution in [3.63, 3.8) is 0 Å². The van der Waals surface area contributed by atoms with Gasteiger partial charge in [-0.2, -0.15) is 0 Å². The van der Waals surface area contributed by atoms with Crippen LogP contribution < -0.4 is 0 Å². The lowest BCUT2D eigenvalue weighted by Crippen LogP contribution is -2.01. The first-order valence-corrected chi connectivity index (χ1v) is 5.03. The molecule has 0 N–H and O–H groups in total. The number of cyclic esters (lactones) is 1. The van der Waals surface area contributed by atoms with E-state index in [2.05, 4.69) is 6.58 Å². The highest BCUT2D eigenvalue weighted by molar-refractivity contribution is 6.05. The minimum absolute atomic E-state index is 0.123. The maximum Gasteiger partial charge on any atom is 0.344 e. The van der Waals surface area contributed by atoms with Crippen molar-refractivity contribution in [3.8, 4) is 0 Å². The monoisotopic (exact) mass is 230 g/mol. The Balaban J connectivity index is 2.25. The SMILES string of the molecule is C=CCOC(=O)C=C1OC(=O)c2ccccc21. The van der Waals surface area contributed by atoms with Gasteiger partial charge in [-0.3, -0.25) is 0 Å². The molecule has 2 rings (SSSR count). The van der Waals surface area contributed by atoms with Crippen LogP contribution in [0.4, 0.5) is 0 Å². The van der Waals surface area contributed by atoms with Crippen molar-refractivity contribution in [1.82, 2.24) is 0 Å². The Morgan fingerprint density at radius 3 is 2.76 bits per heavy atom. The molecule has 0 atom stereocenters. The van der Waals surface area contributed by atoms with E-state index < -0.39 is 11.9 Å². The smallest absolute Gasteiger partial charge is 0.344 e. The molecule has 0 saturated heterocycles. The van der Waals surface area contributed by atoms with Crippen LogP contribution in [0.15, 0.2) is 43.0 Å². The van der Waals surface area contributed by atoms with Crippen LogP contribution in [0.5, 0.6) is 0 Å². The number of hydrogen-bond donors (Lipinski definition) is 0. The average Bonchev–Trinajstić information content (AvgIpc) is 2.65. The quantitative estimate of drug-likeness (QED) is 0.452. The van der Waals surface area contributed by atoms with Crippen LogP contribution in [-0.2, 0) is 14.3 Å². The molecule has 0 bridgehead atoms. The Labute approximate surface area is 98.2 Å². The Morgan fingerprint density at radius 2 is 2.06 bits per heavy atom. The van der Waals surface area contributed by atoms with Gasteiger partial charge in [-0.1, -0.05) is 30.9 Å². The molecule has 0 fully saturated rings. The summed E-state index contributed by atoms with van der Waals surface area (Å²) in [5, 5.41) is 0. The third kappa shape index (κ3) is 2.25. The van der Waals surface area contributed by atoms with Gasteiger partial charge in [-0.05, 0) is 6.07 Å². The molecule has 4 nitrogen and oxygen atoms in total. The van der Waals surface area contributed by atoms with Crippen molar-refractivity contribution in [2.24, 2.45) is 0 Å². The topological polar surface area (TPSA) is 52.6 Å². The predicted molar refractivity (Wildman–Crippen MR) is 61.0 cm³/mol. The Hall–Kier alpha value is -2.36. The minimum atomic E-state index is -0.565. The van der Waals surface area contributed by atoms with Crippen molar-refractivity contribution in [3.05, 3.63) is 54.1 Å². The van der Waals surface area contributed by atoms with Gasteiger partial charge in [0.05, 0.1) is 11.6 Å². The molecule has 1 aromatic rings. The molecular weight excluding hydrogens is 220 g/mol. The van der Waals surface area contributed by atoms with Gasteiger partial charge in [0.2, 0.25) is 0 Å². The molecule has 0 amide bonds. The van der Waals surface area contributed by atoms with Gasteiger partial charge in [0.25, 0.3) is 0 Å². The Kier molecular flexibility index (Phi) is 3.05. The lowest BCUT2D eigenvalue weighted by molar-refractivity contribution is -0.136. The molecule has 1 heterocycles. The van der Waals surface area contributed by atoms with Crippen molar-refractivity contribution >= 4 is 17.7 Å². The highest BCUT2D eigenvalue weighted by Gasteiger charge is 2.26. The number of carbonyl (C=O) groups is 2. The summed E-state index contributed by atoms with van der Waals surface area (Å²) in [6.45, 7) is 3.55. The first kappa shape index (κ1) is 11.1. The fraction of sp³-hybridized carbons (Fsp3) is 0.0769. The van der Waals surface area contributed by atoms with Gasteiger partial charge in [-0.25, -0.2) is 9.59 Å². The molecule has 0 aliphatic carbocycles. The minimum Gasteiger partial charge on any atom is -0.458 e. The number of ether oxygens (including phenoxy) is 2. The maximum atomic E-state index is 11.4. The standard InChI is InChI=1S/C13H10O4/c1-2-7-16-12(14)8-11-9-5-3-4-6-10(9)13(15)17-11/h2-6,8H,1,7H2. The molecule has 0 saturated carbocycles. The molecule has 1 aliphatic heterocycles. The number of hydrogen-bond acceptors (Lipinski definition) is 4. The van der Waals surface area contributed by atoms with Crippen LogP contribution in [0.1, 0.15) is 15.9 Å². The summed E-state index contributed by atoms with van der Waals surface area (Å²) in [6, 6.07) is 6.86. The fourth-order valence-corrected chi connectivity index (χ4v) is 1.48. The number of rotatable bonds is 3. The molecule has 86 valence electrons. The van der Waals surface area contributed by atoms with Crippen molar-refractivity contribution in [2.75, 3.05) is 6.61 Å². The molecule has 1 aliphatic rings. The molecule has 0 radical (unpaired) electrons. The molecular formula is C13H10O4. The molecule has 1 aromatic carbocycles. The molecule has 0 aromatic heterocycles. The third-order valence-corrected chi connectivity index (χ3v) is 2.21. The summed E-state index contributed by atoms with van der Waals surface area (Å²) >= 11 is 0. The summed E-state index contributed by atoms with van der Waals surface area (Å²) in [4.78, 5) is 22.8. The largest absolute Gasteiger partial charge is 0.458 e. The molecule has 17 heavy (non-hydrogen) atoms. The number of fused-ring (bicyclic) bond motifs is 1. The zero-order chi connectivity index (χ0) is 12.3. The average molecular weight is 230 g/mol. The van der Waals surface area contributed by atoms with Crippen LogP contribution in [0, 0.1) is 0 Å². The predicted octanol–water partition coefficient (Wildman–Crippen LogP) is 1.93. The zero-order valence-electron chi connectivity index (χ0n) is 9.01. The summed E-state index contributed by atoms with van der Waals surface area (Å²) in [5.41, 5.74) is 1.06. The fourth-order valence-electron chi connectivity index (χ4n) is 1.48. The number of esters is 2. The third-order valence-electron chi connectivity index (χ3n) is 2.21. The van der Waals surface area contributed by atoms with Gasteiger partial charge >= 0.3 is 11.9 Å². The van der Waals surface area contributed by atoms with E-state index in [0.29, 0.717) is 11.1 Å². The van der Waals surface area contributed by atoms with E-state index in [9.17, 15) is 9.59 Å². The van der Waals surface area contributed by atoms with Gasteiger partial charge in [0.15, 0.2) is 0 Å². The van der Waals surface area contributed by atoms with Gasteiger partial charge in [0.1, 0.15) is 12.4 Å². The second-order valence-corrected chi connectivity index (χ2v) is 3.36. The number of carbonyl (C=O) groups excluding carboxylic acids is 2. The van der Waals surface area contributed by atoms with E-state index in [1.807, 2.05) is 0 Å². The van der Waals surface area contributed by atoms with Crippen molar-refractivity contribution in [1.29, 1.82) is 0 Å². The molecule has 0 unspecified atom stereocenters. The maximum absolute atomic E-state index is 11.4. The van der Waals surface area contributed by atoms with Crippen molar-refractivity contribution in [2.45, 2.75) is 0 Å². The van der Waals surface area contributed by atoms with E-state index in [0.717, 1.165) is 6.08 Å². The van der Waals surface area contributed by atoms with Gasteiger partial charge in [-0.15, -0.1) is 0 Å². The Morgan fingerprint density at radius 1 is 1.35 bits per heavy atom. The molecule has 0 spiro atoms. The van der Waals surface area contributed by atoms with Crippen LogP contribution in [-0.4, -0.2) is 18.5 Å². The molecule has 4 heteroatoms. The van der Waals surface area contributed by atoms with E-state index in [1.165, 1.54) is 6.08 Å². The first-order valence-electron chi connectivity index (χ1n) is 5.03. The van der Waals surface area contributed by atoms with E-state index >= 15 is 0 Å². The first-order chi connectivity index (χ1) is 8.22. The second-order valence-electron chi connectivity index (χ2n) is 3.36. The zero-order valence-corrected chi connectivity index (χ0v) is 9.01. The highest BCUT2D eigenvalue weighted by Crippen LogP contribution is 2.29. The van der Waals surface area contributed by atoms with E-state index in [4.69, 9.17) is 9.47 Å². The summed E-state index contributed by atoms with van der Waals surface area (Å²) in [7, 11) is 0. The second kappa shape index (κ2) is 4.65. The van der Waals surface area contributed by atoms with Crippen LogP contribution in [0.2, 0.25) is 0 Å². The van der Waals surface area contributed by atoms with Crippen LogP contribution in [0.3, 0.4) is 0 Å².